The standard InChI is InChI=1S/C13H29NO/c1-11(2)7-6-8-13(14-4)10-9-12(3)15-5/h11-14H,6-10H2,1-5H3. The molecule has 1 N–H and O–H groups in total. The molecule has 2 atom stereocenters. The first-order chi connectivity index (χ1) is 7.10. The van der Waals surface area contributed by atoms with Crippen LogP contribution in [0, 0.1) is 5.92 Å². The lowest BCUT2D eigenvalue weighted by atomic mass is 9.99. The van der Waals surface area contributed by atoms with E-state index in [1.807, 2.05) is 0 Å². The van der Waals surface area contributed by atoms with E-state index in [1.165, 1.54) is 25.7 Å². The summed E-state index contributed by atoms with van der Waals surface area (Å²) in [6.45, 7) is 6.73. The van der Waals surface area contributed by atoms with Gasteiger partial charge >= 0.3 is 0 Å². The fraction of sp³-hybridized carbons (Fsp3) is 1.00. The molecule has 0 radical (unpaired) electrons. The van der Waals surface area contributed by atoms with Crippen LogP contribution in [0.15, 0.2) is 0 Å². The van der Waals surface area contributed by atoms with Gasteiger partial charge in [0.25, 0.3) is 0 Å². The Morgan fingerprint density at radius 1 is 1.00 bits per heavy atom. The van der Waals surface area contributed by atoms with Crippen molar-refractivity contribution in [1.82, 2.24) is 5.32 Å². The van der Waals surface area contributed by atoms with Crippen LogP contribution in [-0.2, 0) is 4.74 Å². The maximum atomic E-state index is 5.26. The fourth-order valence-electron chi connectivity index (χ4n) is 1.76. The van der Waals surface area contributed by atoms with E-state index in [2.05, 4.69) is 33.1 Å². The largest absolute Gasteiger partial charge is 0.382 e. The Labute approximate surface area is 95.8 Å². The summed E-state index contributed by atoms with van der Waals surface area (Å²) < 4.78 is 5.26. The summed E-state index contributed by atoms with van der Waals surface area (Å²) in [6.07, 6.45) is 6.76. The molecule has 0 fully saturated rings. The monoisotopic (exact) mass is 215 g/mol. The summed E-state index contributed by atoms with van der Waals surface area (Å²) in [5, 5.41) is 3.40. The molecule has 0 aliphatic heterocycles. The molecule has 0 rings (SSSR count). The van der Waals surface area contributed by atoms with Crippen LogP contribution in [0.5, 0.6) is 0 Å². The van der Waals surface area contributed by atoms with Gasteiger partial charge in [-0.15, -0.1) is 0 Å². The lowest BCUT2D eigenvalue weighted by molar-refractivity contribution is 0.106. The molecule has 2 nitrogen and oxygen atoms in total. The minimum absolute atomic E-state index is 0.394. The van der Waals surface area contributed by atoms with E-state index in [1.54, 1.807) is 7.11 Å². The lowest BCUT2D eigenvalue weighted by Gasteiger charge is -2.18. The second kappa shape index (κ2) is 9.17. The Kier molecular flexibility index (Phi) is 9.12. The van der Waals surface area contributed by atoms with Crippen molar-refractivity contribution in [3.63, 3.8) is 0 Å². The van der Waals surface area contributed by atoms with Crippen molar-refractivity contribution in [2.75, 3.05) is 14.2 Å². The first kappa shape index (κ1) is 14.9. The molecule has 0 amide bonds. The van der Waals surface area contributed by atoms with Crippen molar-refractivity contribution < 1.29 is 4.74 Å². The number of methoxy groups -OCH3 is 1. The molecule has 0 aliphatic rings. The Bertz CT molecular complexity index is 136. The van der Waals surface area contributed by atoms with Crippen molar-refractivity contribution in [1.29, 1.82) is 0 Å². The Morgan fingerprint density at radius 3 is 2.13 bits per heavy atom. The molecule has 92 valence electrons. The van der Waals surface area contributed by atoms with Gasteiger partial charge < -0.3 is 10.1 Å². The van der Waals surface area contributed by atoms with Gasteiger partial charge in [0.05, 0.1) is 6.10 Å². The molecule has 2 heteroatoms. The summed E-state index contributed by atoms with van der Waals surface area (Å²) in [5.74, 6) is 0.834. The summed E-state index contributed by atoms with van der Waals surface area (Å²) >= 11 is 0. The van der Waals surface area contributed by atoms with Gasteiger partial charge in [0, 0.05) is 13.2 Å². The van der Waals surface area contributed by atoms with Crippen molar-refractivity contribution in [3.8, 4) is 0 Å². The van der Waals surface area contributed by atoms with Gasteiger partial charge in [-0.05, 0) is 39.2 Å². The predicted molar refractivity (Wildman–Crippen MR) is 67.2 cm³/mol. The van der Waals surface area contributed by atoms with Gasteiger partial charge in [0.15, 0.2) is 0 Å². The molecule has 2 unspecified atom stereocenters. The minimum atomic E-state index is 0.394. The highest BCUT2D eigenvalue weighted by Crippen LogP contribution is 2.12. The van der Waals surface area contributed by atoms with Crippen LogP contribution in [-0.4, -0.2) is 26.3 Å². The quantitative estimate of drug-likeness (QED) is 0.637. The predicted octanol–water partition coefficient (Wildman–Crippen LogP) is 3.22. The number of nitrogens with one attached hydrogen (secondary N) is 1. The summed E-state index contributed by atoms with van der Waals surface area (Å²) in [5.41, 5.74) is 0. The molecular weight excluding hydrogens is 186 g/mol. The number of rotatable bonds is 9. The van der Waals surface area contributed by atoms with Gasteiger partial charge in [-0.1, -0.05) is 26.7 Å². The molecule has 0 heterocycles. The zero-order chi connectivity index (χ0) is 11.7. The van der Waals surface area contributed by atoms with E-state index in [-0.39, 0.29) is 0 Å². The van der Waals surface area contributed by atoms with E-state index < -0.39 is 0 Å². The highest BCUT2D eigenvalue weighted by Gasteiger charge is 2.08. The SMILES string of the molecule is CNC(CCCC(C)C)CCC(C)OC. The van der Waals surface area contributed by atoms with Crippen LogP contribution in [0.1, 0.15) is 52.9 Å². The fourth-order valence-corrected chi connectivity index (χ4v) is 1.76. The van der Waals surface area contributed by atoms with Gasteiger partial charge in [-0.3, -0.25) is 0 Å². The van der Waals surface area contributed by atoms with Crippen molar-refractivity contribution in [2.24, 2.45) is 5.92 Å². The third-order valence-electron chi connectivity index (χ3n) is 3.07. The van der Waals surface area contributed by atoms with Crippen LogP contribution in [0.4, 0.5) is 0 Å². The molecule has 0 aromatic heterocycles. The Balaban J connectivity index is 3.54. The van der Waals surface area contributed by atoms with Gasteiger partial charge in [0.1, 0.15) is 0 Å². The number of hydrogen-bond donors (Lipinski definition) is 1. The lowest BCUT2D eigenvalue weighted by Crippen LogP contribution is -2.26. The van der Waals surface area contributed by atoms with E-state index in [0.717, 1.165) is 12.3 Å². The summed E-state index contributed by atoms with van der Waals surface area (Å²) in [4.78, 5) is 0. The third-order valence-corrected chi connectivity index (χ3v) is 3.07. The first-order valence-corrected chi connectivity index (χ1v) is 6.30. The molecule has 0 aromatic carbocycles. The van der Waals surface area contributed by atoms with Crippen LogP contribution in [0.3, 0.4) is 0 Å². The van der Waals surface area contributed by atoms with Crippen molar-refractivity contribution in [2.45, 2.75) is 65.0 Å². The number of ether oxygens (including phenoxy) is 1. The van der Waals surface area contributed by atoms with Crippen molar-refractivity contribution in [3.05, 3.63) is 0 Å². The molecule has 0 spiro atoms. The Morgan fingerprint density at radius 2 is 1.67 bits per heavy atom. The number of hydrogen-bond acceptors (Lipinski definition) is 2. The maximum absolute atomic E-state index is 5.26. The molecule has 0 saturated heterocycles. The van der Waals surface area contributed by atoms with E-state index in [9.17, 15) is 0 Å². The van der Waals surface area contributed by atoms with Crippen LogP contribution in [0.25, 0.3) is 0 Å². The molecule has 0 aromatic rings. The minimum Gasteiger partial charge on any atom is -0.382 e. The normalized spacial score (nSPS) is 15.6. The first-order valence-electron chi connectivity index (χ1n) is 6.30. The van der Waals surface area contributed by atoms with Crippen molar-refractivity contribution >= 4 is 0 Å². The second-order valence-electron chi connectivity index (χ2n) is 4.93. The summed E-state index contributed by atoms with van der Waals surface area (Å²) in [7, 11) is 3.86. The van der Waals surface area contributed by atoms with E-state index in [4.69, 9.17) is 4.74 Å². The van der Waals surface area contributed by atoms with E-state index in [0.29, 0.717) is 12.1 Å². The highest BCUT2D eigenvalue weighted by molar-refractivity contribution is 4.67. The van der Waals surface area contributed by atoms with Gasteiger partial charge in [0.2, 0.25) is 0 Å². The zero-order valence-corrected chi connectivity index (χ0v) is 11.2. The van der Waals surface area contributed by atoms with Crippen LogP contribution >= 0.6 is 0 Å². The zero-order valence-electron chi connectivity index (χ0n) is 11.2. The summed E-state index contributed by atoms with van der Waals surface area (Å²) in [6, 6.07) is 0.668. The smallest absolute Gasteiger partial charge is 0.0543 e. The van der Waals surface area contributed by atoms with Gasteiger partial charge in [-0.2, -0.15) is 0 Å². The topological polar surface area (TPSA) is 21.3 Å². The highest BCUT2D eigenvalue weighted by atomic mass is 16.5. The molecule has 15 heavy (non-hydrogen) atoms. The second-order valence-corrected chi connectivity index (χ2v) is 4.93. The molecular formula is C13H29NO. The Hall–Kier alpha value is -0.0800. The van der Waals surface area contributed by atoms with Crippen LogP contribution in [0.2, 0.25) is 0 Å². The van der Waals surface area contributed by atoms with E-state index >= 15 is 0 Å². The van der Waals surface area contributed by atoms with Crippen LogP contribution < -0.4 is 5.32 Å². The third kappa shape index (κ3) is 8.88. The van der Waals surface area contributed by atoms with Gasteiger partial charge in [-0.25, -0.2) is 0 Å². The average molecular weight is 215 g/mol. The molecule has 0 bridgehead atoms. The molecule has 0 aliphatic carbocycles. The average Bonchev–Trinajstić information content (AvgIpc) is 2.22. The maximum Gasteiger partial charge on any atom is 0.0543 e. The molecule has 0 saturated carbocycles.